The van der Waals surface area contributed by atoms with Crippen LogP contribution < -0.4 is 10.2 Å². The van der Waals surface area contributed by atoms with Crippen molar-refractivity contribution in [3.63, 3.8) is 0 Å². The maximum Gasteiger partial charge on any atom is 0.243 e. The standard InChI is InChI=1S/C22H24FN3O3S/c23-15-5-7-16(8-6-15)30(28,29)12-2-10-25-11-9-20-18(13-25)17-3-1-4-19-22(17)26(20)14-21(27)24-19/h1,3-8,18,20H,2,9-14H2,(H,24,27)/t18-,20-/m0/s1. The lowest BCUT2D eigenvalue weighted by atomic mass is 9.89. The number of halogens is 1. The summed E-state index contributed by atoms with van der Waals surface area (Å²) in [6.45, 7) is 2.86. The van der Waals surface area contributed by atoms with Crippen LogP contribution in [0.2, 0.25) is 0 Å². The molecular formula is C22H24FN3O3S. The number of fused-ring (bicyclic) bond motifs is 3. The van der Waals surface area contributed by atoms with E-state index in [9.17, 15) is 17.6 Å². The molecular weight excluding hydrogens is 405 g/mol. The smallest absolute Gasteiger partial charge is 0.243 e. The fraction of sp³-hybridized carbons (Fsp3) is 0.409. The van der Waals surface area contributed by atoms with Gasteiger partial charge in [0.05, 0.1) is 28.6 Å². The van der Waals surface area contributed by atoms with E-state index in [2.05, 4.69) is 21.2 Å². The van der Waals surface area contributed by atoms with Crippen LogP contribution in [-0.4, -0.2) is 57.2 Å². The number of para-hydroxylation sites is 1. The Hall–Kier alpha value is -2.45. The Morgan fingerprint density at radius 3 is 2.73 bits per heavy atom. The molecule has 0 aliphatic carbocycles. The predicted molar refractivity (Wildman–Crippen MR) is 113 cm³/mol. The van der Waals surface area contributed by atoms with Crippen molar-refractivity contribution in [2.75, 3.05) is 42.1 Å². The van der Waals surface area contributed by atoms with E-state index in [-0.39, 0.29) is 16.6 Å². The third kappa shape index (κ3) is 3.37. The third-order valence-corrected chi connectivity index (χ3v) is 8.28. The molecule has 3 aliphatic heterocycles. The van der Waals surface area contributed by atoms with Crippen molar-refractivity contribution in [3.05, 3.63) is 53.8 Å². The van der Waals surface area contributed by atoms with Crippen LogP contribution in [0, 0.1) is 5.82 Å². The molecule has 0 spiro atoms. The molecule has 1 amide bonds. The number of piperidine rings is 1. The highest BCUT2D eigenvalue weighted by atomic mass is 32.2. The molecule has 0 saturated carbocycles. The zero-order chi connectivity index (χ0) is 20.9. The van der Waals surface area contributed by atoms with Crippen LogP contribution in [0.4, 0.5) is 15.8 Å². The Kier molecular flexibility index (Phi) is 4.78. The van der Waals surface area contributed by atoms with E-state index in [0.717, 1.165) is 30.9 Å². The zero-order valence-corrected chi connectivity index (χ0v) is 17.4. The summed E-state index contributed by atoms with van der Waals surface area (Å²) in [5.41, 5.74) is 3.34. The number of sulfone groups is 1. The van der Waals surface area contributed by atoms with Crippen molar-refractivity contribution in [2.24, 2.45) is 0 Å². The van der Waals surface area contributed by atoms with Crippen molar-refractivity contribution in [3.8, 4) is 0 Å². The van der Waals surface area contributed by atoms with Crippen LogP contribution in [0.3, 0.4) is 0 Å². The van der Waals surface area contributed by atoms with Crippen molar-refractivity contribution >= 4 is 27.1 Å². The second kappa shape index (κ2) is 7.35. The Bertz CT molecular complexity index is 1090. The van der Waals surface area contributed by atoms with E-state index < -0.39 is 15.7 Å². The number of nitrogens with one attached hydrogen (secondary N) is 1. The summed E-state index contributed by atoms with van der Waals surface area (Å²) < 4.78 is 38.1. The first kappa shape index (κ1) is 19.5. The van der Waals surface area contributed by atoms with E-state index in [4.69, 9.17) is 0 Å². The Morgan fingerprint density at radius 1 is 1.13 bits per heavy atom. The predicted octanol–water partition coefficient (Wildman–Crippen LogP) is 2.62. The molecule has 6 nitrogen and oxygen atoms in total. The SMILES string of the molecule is O=C1CN2c3c(cccc3[C@@H]3CN(CCCS(=O)(=O)c4ccc(F)cc4)CC[C@@H]32)N1. The highest BCUT2D eigenvalue weighted by Crippen LogP contribution is 2.49. The minimum Gasteiger partial charge on any atom is -0.357 e. The molecule has 8 heteroatoms. The van der Waals surface area contributed by atoms with Crippen molar-refractivity contribution in [1.29, 1.82) is 0 Å². The van der Waals surface area contributed by atoms with Crippen molar-refractivity contribution in [1.82, 2.24) is 4.90 Å². The molecule has 158 valence electrons. The van der Waals surface area contributed by atoms with E-state index in [1.165, 1.54) is 29.8 Å². The van der Waals surface area contributed by atoms with Crippen LogP contribution in [-0.2, 0) is 14.6 Å². The second-order valence-electron chi connectivity index (χ2n) is 8.31. The molecule has 30 heavy (non-hydrogen) atoms. The molecule has 0 radical (unpaired) electrons. The van der Waals surface area contributed by atoms with Gasteiger partial charge in [-0.25, -0.2) is 12.8 Å². The van der Waals surface area contributed by atoms with Gasteiger partial charge >= 0.3 is 0 Å². The highest BCUT2D eigenvalue weighted by Gasteiger charge is 2.45. The van der Waals surface area contributed by atoms with Gasteiger partial charge in [-0.2, -0.15) is 0 Å². The molecule has 2 aromatic carbocycles. The summed E-state index contributed by atoms with van der Waals surface area (Å²) in [4.78, 5) is 16.8. The molecule has 1 fully saturated rings. The number of likely N-dealkylation sites (tertiary alicyclic amines) is 1. The maximum atomic E-state index is 13.1. The number of hydrogen-bond acceptors (Lipinski definition) is 5. The van der Waals surface area contributed by atoms with E-state index in [0.29, 0.717) is 31.5 Å². The minimum atomic E-state index is -3.41. The first-order valence-corrected chi connectivity index (χ1v) is 12.0. The van der Waals surface area contributed by atoms with Crippen LogP contribution in [0.25, 0.3) is 0 Å². The molecule has 2 atom stereocenters. The van der Waals surface area contributed by atoms with Gasteiger partial charge in [0, 0.05) is 25.0 Å². The van der Waals surface area contributed by atoms with Gasteiger partial charge in [-0.05, 0) is 55.3 Å². The molecule has 3 heterocycles. The Labute approximate surface area is 175 Å². The molecule has 0 bridgehead atoms. The Morgan fingerprint density at radius 2 is 1.93 bits per heavy atom. The fourth-order valence-electron chi connectivity index (χ4n) is 5.12. The van der Waals surface area contributed by atoms with Gasteiger partial charge in [0.25, 0.3) is 0 Å². The Balaban J connectivity index is 1.24. The van der Waals surface area contributed by atoms with Crippen LogP contribution in [0.15, 0.2) is 47.4 Å². The summed E-state index contributed by atoms with van der Waals surface area (Å²) in [5, 5.41) is 2.98. The van der Waals surface area contributed by atoms with Crippen LogP contribution in [0.1, 0.15) is 24.3 Å². The summed E-state index contributed by atoms with van der Waals surface area (Å²) in [6.07, 6.45) is 1.49. The zero-order valence-electron chi connectivity index (χ0n) is 16.6. The summed E-state index contributed by atoms with van der Waals surface area (Å²) in [6, 6.07) is 11.4. The molecule has 0 aromatic heterocycles. The third-order valence-electron chi connectivity index (χ3n) is 6.46. The number of anilines is 2. The summed E-state index contributed by atoms with van der Waals surface area (Å²) in [5.74, 6) is -0.0234. The largest absolute Gasteiger partial charge is 0.357 e. The number of nitrogens with zero attached hydrogens (tertiary/aromatic N) is 2. The average Bonchev–Trinajstić information content (AvgIpc) is 3.03. The van der Waals surface area contributed by atoms with Crippen molar-refractivity contribution in [2.45, 2.75) is 29.7 Å². The fourth-order valence-corrected chi connectivity index (χ4v) is 6.41. The van der Waals surface area contributed by atoms with Crippen LogP contribution in [0.5, 0.6) is 0 Å². The molecule has 0 unspecified atom stereocenters. The van der Waals surface area contributed by atoms with E-state index in [1.54, 1.807) is 0 Å². The molecule has 5 rings (SSSR count). The van der Waals surface area contributed by atoms with Gasteiger partial charge in [0.2, 0.25) is 5.91 Å². The number of rotatable bonds is 5. The van der Waals surface area contributed by atoms with Gasteiger partial charge < -0.3 is 15.1 Å². The second-order valence-corrected chi connectivity index (χ2v) is 10.4. The molecule has 1 saturated heterocycles. The monoisotopic (exact) mass is 429 g/mol. The first-order valence-electron chi connectivity index (χ1n) is 10.3. The number of carbonyl (C=O) groups is 1. The van der Waals surface area contributed by atoms with Gasteiger partial charge in [-0.1, -0.05) is 12.1 Å². The average molecular weight is 430 g/mol. The maximum absolute atomic E-state index is 13.1. The van der Waals surface area contributed by atoms with Gasteiger partial charge in [0.1, 0.15) is 5.82 Å². The van der Waals surface area contributed by atoms with Crippen LogP contribution >= 0.6 is 0 Å². The normalized spacial score (nSPS) is 23.1. The lowest BCUT2D eigenvalue weighted by Crippen LogP contribution is -2.49. The lowest BCUT2D eigenvalue weighted by Gasteiger charge is -2.39. The van der Waals surface area contributed by atoms with Gasteiger partial charge in [0.15, 0.2) is 9.84 Å². The highest BCUT2D eigenvalue weighted by molar-refractivity contribution is 7.91. The summed E-state index contributed by atoms with van der Waals surface area (Å²) in [7, 11) is -3.41. The number of carbonyl (C=O) groups excluding carboxylic acids is 1. The van der Waals surface area contributed by atoms with E-state index >= 15 is 0 Å². The number of amides is 1. The van der Waals surface area contributed by atoms with Gasteiger partial charge in [-0.3, -0.25) is 4.79 Å². The minimum absolute atomic E-state index is 0.0359. The molecule has 3 aliphatic rings. The topological polar surface area (TPSA) is 69.7 Å². The molecule has 2 aromatic rings. The van der Waals surface area contributed by atoms with E-state index in [1.807, 2.05) is 12.1 Å². The molecule has 1 N–H and O–H groups in total. The van der Waals surface area contributed by atoms with Gasteiger partial charge in [-0.15, -0.1) is 0 Å². The quantitative estimate of drug-likeness (QED) is 0.740. The number of hydrogen-bond donors (Lipinski definition) is 1. The first-order chi connectivity index (χ1) is 14.4. The number of benzene rings is 2. The van der Waals surface area contributed by atoms with Crippen molar-refractivity contribution < 1.29 is 17.6 Å². The summed E-state index contributed by atoms with van der Waals surface area (Å²) >= 11 is 0. The lowest BCUT2D eigenvalue weighted by molar-refractivity contribution is -0.115.